The highest BCUT2D eigenvalue weighted by molar-refractivity contribution is 5.79. The molecule has 0 fully saturated rings. The number of nitrogens with one attached hydrogen (secondary N) is 2. The Morgan fingerprint density at radius 3 is 2.04 bits per heavy atom. The Morgan fingerprint density at radius 1 is 0.852 bits per heavy atom. The lowest BCUT2D eigenvalue weighted by atomic mass is 9.91. The van der Waals surface area contributed by atoms with Crippen LogP contribution in [0, 0.1) is 0 Å². The molecule has 138 valence electrons. The van der Waals surface area contributed by atoms with E-state index >= 15 is 0 Å². The van der Waals surface area contributed by atoms with Crippen LogP contribution in [-0.2, 0) is 6.42 Å². The van der Waals surface area contributed by atoms with E-state index in [9.17, 15) is 0 Å². The second-order valence-electron chi connectivity index (χ2n) is 6.32. The van der Waals surface area contributed by atoms with Crippen molar-refractivity contribution in [2.75, 3.05) is 20.1 Å². The number of pyridine rings is 1. The molecular formula is C23H26N4. The van der Waals surface area contributed by atoms with Gasteiger partial charge in [0, 0.05) is 44.4 Å². The van der Waals surface area contributed by atoms with Crippen LogP contribution in [0.5, 0.6) is 0 Å². The van der Waals surface area contributed by atoms with Gasteiger partial charge in [-0.15, -0.1) is 0 Å². The van der Waals surface area contributed by atoms with E-state index in [0.717, 1.165) is 31.2 Å². The molecule has 3 rings (SSSR count). The largest absolute Gasteiger partial charge is 0.356 e. The second-order valence-corrected chi connectivity index (χ2v) is 6.32. The minimum Gasteiger partial charge on any atom is -0.356 e. The lowest BCUT2D eigenvalue weighted by Gasteiger charge is -2.20. The van der Waals surface area contributed by atoms with E-state index in [1.165, 1.54) is 11.1 Å². The minimum atomic E-state index is 0.266. The molecule has 0 spiro atoms. The van der Waals surface area contributed by atoms with Gasteiger partial charge in [-0.05, 0) is 23.3 Å². The van der Waals surface area contributed by atoms with Crippen molar-refractivity contribution in [3.05, 3.63) is 102 Å². The van der Waals surface area contributed by atoms with Gasteiger partial charge in [0.05, 0.1) is 0 Å². The van der Waals surface area contributed by atoms with Gasteiger partial charge < -0.3 is 10.6 Å². The predicted molar refractivity (Wildman–Crippen MR) is 112 cm³/mol. The molecule has 0 bridgehead atoms. The van der Waals surface area contributed by atoms with Crippen molar-refractivity contribution in [3.8, 4) is 0 Å². The SMILES string of the molecule is CN=C(NCCc1ccccn1)NCC(c1ccccc1)c1ccccc1. The fourth-order valence-corrected chi connectivity index (χ4v) is 3.07. The van der Waals surface area contributed by atoms with Crippen LogP contribution in [0.1, 0.15) is 22.7 Å². The summed E-state index contributed by atoms with van der Waals surface area (Å²) in [5.41, 5.74) is 3.66. The van der Waals surface area contributed by atoms with Crippen molar-refractivity contribution in [3.63, 3.8) is 0 Å². The highest BCUT2D eigenvalue weighted by Gasteiger charge is 2.14. The molecule has 1 heterocycles. The molecule has 0 aliphatic carbocycles. The first-order chi connectivity index (χ1) is 13.4. The Bertz CT molecular complexity index is 777. The van der Waals surface area contributed by atoms with Crippen molar-refractivity contribution in [2.24, 2.45) is 4.99 Å². The number of hydrogen-bond acceptors (Lipinski definition) is 2. The summed E-state index contributed by atoms with van der Waals surface area (Å²) in [6, 6.07) is 27.2. The van der Waals surface area contributed by atoms with Crippen LogP contribution >= 0.6 is 0 Å². The third kappa shape index (κ3) is 5.68. The quantitative estimate of drug-likeness (QED) is 0.501. The summed E-state index contributed by atoms with van der Waals surface area (Å²) in [5.74, 6) is 1.07. The Hall–Kier alpha value is -3.14. The van der Waals surface area contributed by atoms with Crippen molar-refractivity contribution >= 4 is 5.96 Å². The maximum Gasteiger partial charge on any atom is 0.191 e. The maximum absolute atomic E-state index is 4.35. The first-order valence-corrected chi connectivity index (χ1v) is 9.31. The van der Waals surface area contributed by atoms with Gasteiger partial charge in [0.1, 0.15) is 0 Å². The molecule has 27 heavy (non-hydrogen) atoms. The minimum absolute atomic E-state index is 0.266. The molecular weight excluding hydrogens is 332 g/mol. The first-order valence-electron chi connectivity index (χ1n) is 9.31. The zero-order chi connectivity index (χ0) is 18.7. The van der Waals surface area contributed by atoms with Crippen molar-refractivity contribution in [1.29, 1.82) is 0 Å². The predicted octanol–water partition coefficient (Wildman–Crippen LogP) is 3.62. The number of aliphatic imine (C=N–C) groups is 1. The molecule has 3 aromatic rings. The number of benzene rings is 2. The van der Waals surface area contributed by atoms with Crippen LogP contribution in [-0.4, -0.2) is 31.1 Å². The first kappa shape index (κ1) is 18.6. The molecule has 0 aliphatic heterocycles. The average molecular weight is 358 g/mol. The zero-order valence-electron chi connectivity index (χ0n) is 15.7. The van der Waals surface area contributed by atoms with Gasteiger partial charge in [0.2, 0.25) is 0 Å². The molecule has 0 amide bonds. The van der Waals surface area contributed by atoms with Gasteiger partial charge in [0.15, 0.2) is 5.96 Å². The Morgan fingerprint density at radius 2 is 1.48 bits per heavy atom. The van der Waals surface area contributed by atoms with Gasteiger partial charge in [-0.1, -0.05) is 66.7 Å². The molecule has 2 aromatic carbocycles. The summed E-state index contributed by atoms with van der Waals surface area (Å²) >= 11 is 0. The van der Waals surface area contributed by atoms with Crippen LogP contribution in [0.15, 0.2) is 90.1 Å². The molecule has 1 aromatic heterocycles. The molecule has 0 saturated heterocycles. The zero-order valence-corrected chi connectivity index (χ0v) is 15.7. The van der Waals surface area contributed by atoms with Crippen molar-refractivity contribution < 1.29 is 0 Å². The van der Waals surface area contributed by atoms with E-state index in [1.807, 2.05) is 24.4 Å². The third-order valence-corrected chi connectivity index (χ3v) is 4.50. The van der Waals surface area contributed by atoms with Gasteiger partial charge in [0.25, 0.3) is 0 Å². The van der Waals surface area contributed by atoms with E-state index < -0.39 is 0 Å². The summed E-state index contributed by atoms with van der Waals surface area (Å²) in [4.78, 5) is 8.71. The Labute approximate surface area is 161 Å². The van der Waals surface area contributed by atoms with Gasteiger partial charge in [-0.2, -0.15) is 0 Å². The van der Waals surface area contributed by atoms with E-state index in [4.69, 9.17) is 0 Å². The molecule has 0 saturated carbocycles. The summed E-state index contributed by atoms with van der Waals surface area (Å²) in [6.07, 6.45) is 2.69. The lowest BCUT2D eigenvalue weighted by Crippen LogP contribution is -2.40. The number of nitrogens with zero attached hydrogens (tertiary/aromatic N) is 2. The van der Waals surface area contributed by atoms with Gasteiger partial charge in [-0.3, -0.25) is 9.98 Å². The molecule has 0 atom stereocenters. The van der Waals surface area contributed by atoms with Crippen molar-refractivity contribution in [2.45, 2.75) is 12.3 Å². The number of hydrogen-bond donors (Lipinski definition) is 2. The van der Waals surface area contributed by atoms with Crippen molar-refractivity contribution in [1.82, 2.24) is 15.6 Å². The standard InChI is InChI=1S/C23H26N4/c1-24-23(26-17-15-21-14-8-9-16-25-21)27-18-22(19-10-4-2-5-11-19)20-12-6-3-7-13-20/h2-14,16,22H,15,17-18H2,1H3,(H2,24,26,27). The van der Waals surface area contributed by atoms with Crippen LogP contribution in [0.4, 0.5) is 0 Å². The van der Waals surface area contributed by atoms with Crippen LogP contribution < -0.4 is 10.6 Å². The average Bonchev–Trinajstić information content (AvgIpc) is 2.75. The molecule has 0 aliphatic rings. The number of rotatable bonds is 7. The highest BCUT2D eigenvalue weighted by atomic mass is 15.2. The van der Waals surface area contributed by atoms with Crippen LogP contribution in [0.2, 0.25) is 0 Å². The van der Waals surface area contributed by atoms with E-state index in [-0.39, 0.29) is 5.92 Å². The van der Waals surface area contributed by atoms with E-state index in [0.29, 0.717) is 0 Å². The molecule has 4 nitrogen and oxygen atoms in total. The number of guanidine groups is 1. The van der Waals surface area contributed by atoms with Crippen LogP contribution in [0.3, 0.4) is 0 Å². The Balaban J connectivity index is 1.60. The van der Waals surface area contributed by atoms with Gasteiger partial charge in [-0.25, -0.2) is 0 Å². The fraction of sp³-hybridized carbons (Fsp3) is 0.217. The summed E-state index contributed by atoms with van der Waals surface area (Å²) < 4.78 is 0. The molecule has 4 heteroatoms. The van der Waals surface area contributed by atoms with Crippen LogP contribution in [0.25, 0.3) is 0 Å². The summed E-state index contributed by atoms with van der Waals surface area (Å²) in [6.45, 7) is 1.56. The molecule has 0 radical (unpaired) electrons. The summed E-state index contributed by atoms with van der Waals surface area (Å²) in [7, 11) is 1.80. The lowest BCUT2D eigenvalue weighted by molar-refractivity contribution is 0.723. The smallest absolute Gasteiger partial charge is 0.191 e. The number of aromatic nitrogens is 1. The maximum atomic E-state index is 4.35. The normalized spacial score (nSPS) is 11.4. The van der Waals surface area contributed by atoms with Gasteiger partial charge >= 0.3 is 0 Å². The third-order valence-electron chi connectivity index (χ3n) is 4.50. The fourth-order valence-electron chi connectivity index (χ4n) is 3.07. The topological polar surface area (TPSA) is 49.3 Å². The van der Waals surface area contributed by atoms with E-state index in [1.54, 1.807) is 7.05 Å². The highest BCUT2D eigenvalue weighted by Crippen LogP contribution is 2.23. The second kappa shape index (κ2) is 10.1. The summed E-state index contributed by atoms with van der Waals surface area (Å²) in [5, 5.41) is 6.85. The monoisotopic (exact) mass is 358 g/mol. The molecule has 2 N–H and O–H groups in total. The molecule has 0 unspecified atom stereocenters. The van der Waals surface area contributed by atoms with E-state index in [2.05, 4.69) is 81.3 Å². The Kier molecular flexibility index (Phi) is 6.99.